The molecule has 0 atom stereocenters. The summed E-state index contributed by atoms with van der Waals surface area (Å²) in [6, 6.07) is 0. The number of nitrogens with zero attached hydrogens (tertiary/aromatic N) is 2. The fraction of sp³-hybridized carbons (Fsp3) is 0.571. The van der Waals surface area contributed by atoms with Crippen molar-refractivity contribution in [3.63, 3.8) is 0 Å². The second-order valence-corrected chi connectivity index (χ2v) is 5.29. The number of aromatic nitrogens is 2. The zero-order valence-corrected chi connectivity index (χ0v) is 9.35. The van der Waals surface area contributed by atoms with Crippen molar-refractivity contribution in [1.82, 2.24) is 14.5 Å². The van der Waals surface area contributed by atoms with Crippen LogP contribution in [0.4, 0.5) is 0 Å². The van der Waals surface area contributed by atoms with Crippen LogP contribution < -0.4 is 4.72 Å². The van der Waals surface area contributed by atoms with Crippen LogP contribution in [-0.2, 0) is 16.6 Å². The Kier molecular flexibility index (Phi) is 3.91. The van der Waals surface area contributed by atoms with Gasteiger partial charge in [0.05, 0.1) is 12.7 Å². The number of halogens is 1. The molecule has 0 aliphatic heterocycles. The predicted octanol–water partition coefficient (Wildman–Crippen LogP) is 0.307. The van der Waals surface area contributed by atoms with Crippen LogP contribution in [0.3, 0.4) is 0 Å². The van der Waals surface area contributed by atoms with Crippen LogP contribution in [0, 0.1) is 6.92 Å². The molecular weight excluding hydrogens is 226 g/mol. The molecule has 1 rings (SSSR count). The first-order valence-corrected chi connectivity index (χ1v) is 6.24. The maximum Gasteiger partial charge on any atom is 0.225 e. The molecule has 1 aromatic rings. The van der Waals surface area contributed by atoms with Crippen molar-refractivity contribution in [3.8, 4) is 0 Å². The molecule has 0 radical (unpaired) electrons. The lowest BCUT2D eigenvalue weighted by Crippen LogP contribution is -2.28. The summed E-state index contributed by atoms with van der Waals surface area (Å²) in [6.07, 6.45) is 3.56. The topological polar surface area (TPSA) is 64.0 Å². The van der Waals surface area contributed by atoms with Crippen molar-refractivity contribution in [3.05, 3.63) is 18.0 Å². The summed E-state index contributed by atoms with van der Waals surface area (Å²) in [7, 11) is -3.31. The maximum atomic E-state index is 10.9. The minimum absolute atomic E-state index is 0.302. The predicted molar refractivity (Wildman–Crippen MR) is 54.6 cm³/mol. The van der Waals surface area contributed by atoms with Gasteiger partial charge in [0.25, 0.3) is 0 Å². The van der Waals surface area contributed by atoms with Crippen molar-refractivity contribution in [2.75, 3.05) is 11.8 Å². The average molecular weight is 238 g/mol. The van der Waals surface area contributed by atoms with Crippen molar-refractivity contribution in [1.29, 1.82) is 0 Å². The van der Waals surface area contributed by atoms with Gasteiger partial charge in [0.2, 0.25) is 10.0 Å². The highest BCUT2D eigenvalue weighted by Crippen LogP contribution is 1.93. The summed E-state index contributed by atoms with van der Waals surface area (Å²) in [4.78, 5) is 0. The molecule has 0 saturated heterocycles. The van der Waals surface area contributed by atoms with Crippen molar-refractivity contribution >= 4 is 21.6 Å². The van der Waals surface area contributed by atoms with Gasteiger partial charge in [-0.1, -0.05) is 0 Å². The third-order valence-corrected chi connectivity index (χ3v) is 3.36. The van der Waals surface area contributed by atoms with Crippen LogP contribution in [0.25, 0.3) is 0 Å². The SMILES string of the molecule is Cc1cnn(CCNS(=O)(=O)CCl)c1. The first-order valence-electron chi connectivity index (χ1n) is 4.06. The number of nitrogens with one attached hydrogen (secondary N) is 1. The average Bonchev–Trinajstić information content (AvgIpc) is 2.51. The van der Waals surface area contributed by atoms with Gasteiger partial charge in [0.15, 0.2) is 0 Å². The summed E-state index contributed by atoms with van der Waals surface area (Å²) in [6.45, 7) is 2.73. The van der Waals surface area contributed by atoms with Gasteiger partial charge in [-0.2, -0.15) is 5.10 Å². The molecule has 1 heterocycles. The van der Waals surface area contributed by atoms with E-state index >= 15 is 0 Å². The minimum atomic E-state index is -3.31. The fourth-order valence-corrected chi connectivity index (χ4v) is 1.65. The molecule has 1 aromatic heterocycles. The van der Waals surface area contributed by atoms with E-state index < -0.39 is 15.2 Å². The van der Waals surface area contributed by atoms with Crippen LogP contribution >= 0.6 is 11.6 Å². The summed E-state index contributed by atoms with van der Waals surface area (Å²) in [5.41, 5.74) is 1.05. The lowest BCUT2D eigenvalue weighted by Gasteiger charge is -2.03. The van der Waals surface area contributed by atoms with E-state index in [2.05, 4.69) is 9.82 Å². The molecule has 0 spiro atoms. The molecule has 0 aliphatic rings. The molecule has 0 saturated carbocycles. The van der Waals surface area contributed by atoms with Crippen LogP contribution in [0.5, 0.6) is 0 Å². The van der Waals surface area contributed by atoms with Gasteiger partial charge in [-0.3, -0.25) is 4.68 Å². The smallest absolute Gasteiger partial charge is 0.225 e. The number of hydrogen-bond donors (Lipinski definition) is 1. The summed E-state index contributed by atoms with van der Waals surface area (Å²) in [5, 5.41) is 3.60. The summed E-state index contributed by atoms with van der Waals surface area (Å²) >= 11 is 5.21. The van der Waals surface area contributed by atoms with E-state index in [0.717, 1.165) is 5.56 Å². The molecule has 0 aromatic carbocycles. The Morgan fingerprint density at radius 1 is 1.64 bits per heavy atom. The third-order valence-electron chi connectivity index (χ3n) is 1.57. The van der Waals surface area contributed by atoms with Gasteiger partial charge in [-0.05, 0) is 12.5 Å². The van der Waals surface area contributed by atoms with Gasteiger partial charge < -0.3 is 0 Å². The van der Waals surface area contributed by atoms with Crippen LogP contribution in [0.15, 0.2) is 12.4 Å². The van der Waals surface area contributed by atoms with E-state index in [9.17, 15) is 8.42 Å². The Balaban J connectivity index is 2.36. The van der Waals surface area contributed by atoms with Gasteiger partial charge >= 0.3 is 0 Å². The second kappa shape index (κ2) is 4.77. The van der Waals surface area contributed by atoms with Crippen LogP contribution in [-0.4, -0.2) is 30.0 Å². The molecule has 0 amide bonds. The molecule has 0 aliphatic carbocycles. The van der Waals surface area contributed by atoms with Gasteiger partial charge in [-0.25, -0.2) is 13.1 Å². The first kappa shape index (κ1) is 11.5. The van der Waals surface area contributed by atoms with Crippen LogP contribution in [0.1, 0.15) is 5.56 Å². The van der Waals surface area contributed by atoms with Crippen molar-refractivity contribution in [2.45, 2.75) is 13.5 Å². The molecule has 7 heteroatoms. The molecule has 0 fully saturated rings. The van der Waals surface area contributed by atoms with E-state index in [1.807, 2.05) is 13.1 Å². The number of sulfonamides is 1. The van der Waals surface area contributed by atoms with Crippen molar-refractivity contribution in [2.24, 2.45) is 0 Å². The van der Waals surface area contributed by atoms with Gasteiger partial charge in [-0.15, -0.1) is 11.6 Å². The standard InChI is InChI=1S/C7H12ClN3O2S/c1-7-4-9-11(5-7)3-2-10-14(12,13)6-8/h4-5,10H,2-3,6H2,1H3. The third kappa shape index (κ3) is 3.65. The molecular formula is C7H12ClN3O2S. The Morgan fingerprint density at radius 3 is 2.86 bits per heavy atom. The lowest BCUT2D eigenvalue weighted by molar-refractivity contribution is 0.564. The largest absolute Gasteiger partial charge is 0.271 e. The lowest BCUT2D eigenvalue weighted by atomic mass is 10.4. The zero-order valence-electron chi connectivity index (χ0n) is 7.77. The Hall–Kier alpha value is -0.590. The zero-order chi connectivity index (χ0) is 10.6. The maximum absolute atomic E-state index is 10.9. The number of hydrogen-bond acceptors (Lipinski definition) is 3. The quantitative estimate of drug-likeness (QED) is 0.750. The highest BCUT2D eigenvalue weighted by molar-refractivity contribution is 7.90. The summed E-state index contributed by atoms with van der Waals surface area (Å²) in [5.74, 6) is 0. The normalized spacial score (nSPS) is 11.9. The van der Waals surface area contributed by atoms with E-state index in [4.69, 9.17) is 11.6 Å². The van der Waals surface area contributed by atoms with Gasteiger partial charge in [0, 0.05) is 12.7 Å². The van der Waals surface area contributed by atoms with Gasteiger partial charge in [0.1, 0.15) is 5.21 Å². The summed E-state index contributed by atoms with van der Waals surface area (Å²) < 4.78 is 25.9. The molecule has 80 valence electrons. The molecule has 14 heavy (non-hydrogen) atoms. The second-order valence-electron chi connectivity index (χ2n) is 2.90. The molecule has 1 N–H and O–H groups in total. The Labute approximate surface area is 88.1 Å². The van der Waals surface area contributed by atoms with Crippen LogP contribution in [0.2, 0.25) is 0 Å². The van der Waals surface area contributed by atoms with E-state index in [0.29, 0.717) is 13.1 Å². The van der Waals surface area contributed by atoms with Crippen molar-refractivity contribution < 1.29 is 8.42 Å². The minimum Gasteiger partial charge on any atom is -0.271 e. The number of aryl methyl sites for hydroxylation is 1. The Bertz CT molecular complexity index is 387. The first-order chi connectivity index (χ1) is 6.53. The highest BCUT2D eigenvalue weighted by Gasteiger charge is 2.06. The molecule has 0 unspecified atom stereocenters. The van der Waals surface area contributed by atoms with E-state index in [-0.39, 0.29) is 0 Å². The fourth-order valence-electron chi connectivity index (χ4n) is 0.944. The monoisotopic (exact) mass is 237 g/mol. The molecule has 5 nitrogen and oxygen atoms in total. The Morgan fingerprint density at radius 2 is 2.36 bits per heavy atom. The van der Waals surface area contributed by atoms with E-state index in [1.54, 1.807) is 10.9 Å². The number of rotatable bonds is 5. The molecule has 0 bridgehead atoms. The highest BCUT2D eigenvalue weighted by atomic mass is 35.5. The van der Waals surface area contributed by atoms with E-state index in [1.165, 1.54) is 0 Å². The number of alkyl halides is 1.